The van der Waals surface area contributed by atoms with Crippen molar-refractivity contribution in [1.29, 1.82) is 0 Å². The average molecular weight is 447 g/mol. The molecule has 0 radical (unpaired) electrons. The summed E-state index contributed by atoms with van der Waals surface area (Å²) in [6.07, 6.45) is 5.15. The Hall–Kier alpha value is -1.62. The van der Waals surface area contributed by atoms with Gasteiger partial charge in [-0.05, 0) is 110 Å². The normalized spacial score (nSPS) is 43.0. The zero-order valence-corrected chi connectivity index (χ0v) is 18.9. The van der Waals surface area contributed by atoms with E-state index in [0.717, 1.165) is 69.1 Å². The van der Waals surface area contributed by atoms with Crippen LogP contribution in [0.1, 0.15) is 76.3 Å². The summed E-state index contributed by atoms with van der Waals surface area (Å²) in [5.41, 5.74) is 0.688. The van der Waals surface area contributed by atoms with Crippen LogP contribution in [0.25, 0.3) is 6.08 Å². The van der Waals surface area contributed by atoms with Gasteiger partial charge in [-0.25, -0.2) is 0 Å². The van der Waals surface area contributed by atoms with Crippen molar-refractivity contribution in [2.45, 2.75) is 77.5 Å². The number of benzene rings is 1. The largest absolute Gasteiger partial charge is 0.416 e. The molecule has 0 unspecified atom stereocenters. The number of carbonyl (C=O) groups is 1. The molecule has 1 aromatic rings. The highest BCUT2D eigenvalue weighted by Crippen LogP contribution is 2.66. The minimum absolute atomic E-state index is 0.162. The van der Waals surface area contributed by atoms with Crippen LogP contribution in [0.5, 0.6) is 0 Å². The quantitative estimate of drug-likeness (QED) is 0.489. The first kappa shape index (κ1) is 22.2. The van der Waals surface area contributed by atoms with E-state index in [0.29, 0.717) is 29.2 Å². The second-order valence-electron chi connectivity index (χ2n) is 11.4. The second-order valence-corrected chi connectivity index (χ2v) is 11.4. The summed E-state index contributed by atoms with van der Waals surface area (Å²) < 4.78 is 38.6. The molecule has 0 spiro atoms. The van der Waals surface area contributed by atoms with Gasteiger partial charge in [-0.2, -0.15) is 13.2 Å². The molecule has 0 bridgehead atoms. The van der Waals surface area contributed by atoms with Crippen molar-refractivity contribution in [2.24, 2.45) is 34.5 Å². The van der Waals surface area contributed by atoms with Crippen LogP contribution in [0.2, 0.25) is 0 Å². The lowest BCUT2D eigenvalue weighted by atomic mass is 9.45. The Kier molecular flexibility index (Phi) is 5.16. The van der Waals surface area contributed by atoms with Crippen LogP contribution >= 0.6 is 0 Å². The van der Waals surface area contributed by atoms with E-state index in [4.69, 9.17) is 0 Å². The van der Waals surface area contributed by atoms with Crippen LogP contribution in [0.3, 0.4) is 0 Å². The smallest absolute Gasteiger partial charge is 0.393 e. The summed E-state index contributed by atoms with van der Waals surface area (Å²) in [7, 11) is 0. The fraction of sp³-hybridized carbons (Fsp3) is 0.667. The van der Waals surface area contributed by atoms with Gasteiger partial charge >= 0.3 is 6.18 Å². The second kappa shape index (κ2) is 7.44. The molecule has 0 amide bonds. The minimum atomic E-state index is -4.35. The maximum absolute atomic E-state index is 13.5. The number of halogens is 3. The van der Waals surface area contributed by atoms with Crippen molar-refractivity contribution in [1.82, 2.24) is 0 Å². The van der Waals surface area contributed by atoms with Crippen molar-refractivity contribution >= 4 is 11.9 Å². The number of Topliss-reactive ketones (excluding diaryl/α,β-unsaturated/α-hetero) is 1. The van der Waals surface area contributed by atoms with Gasteiger partial charge in [-0.15, -0.1) is 0 Å². The van der Waals surface area contributed by atoms with Crippen LogP contribution in [0.15, 0.2) is 29.8 Å². The lowest BCUT2D eigenvalue weighted by Crippen LogP contribution is -2.54. The number of aliphatic hydroxyl groups excluding tert-OH is 1. The molecular weight excluding hydrogens is 413 g/mol. The molecule has 4 aliphatic carbocycles. The van der Waals surface area contributed by atoms with Crippen LogP contribution < -0.4 is 0 Å². The number of aliphatic hydroxyl groups is 1. The number of hydrogen-bond donors (Lipinski definition) is 1. The maximum Gasteiger partial charge on any atom is 0.416 e. The van der Waals surface area contributed by atoms with Gasteiger partial charge in [0.25, 0.3) is 0 Å². The first-order valence-corrected chi connectivity index (χ1v) is 12.1. The van der Waals surface area contributed by atoms with E-state index in [1.54, 1.807) is 0 Å². The van der Waals surface area contributed by atoms with Gasteiger partial charge in [-0.3, -0.25) is 4.79 Å². The molecule has 32 heavy (non-hydrogen) atoms. The summed E-state index contributed by atoms with van der Waals surface area (Å²) in [6, 6.07) is 5.12. The third kappa shape index (κ3) is 3.38. The Morgan fingerprint density at radius 3 is 2.41 bits per heavy atom. The minimum Gasteiger partial charge on any atom is -0.393 e. The van der Waals surface area contributed by atoms with Gasteiger partial charge in [0.15, 0.2) is 5.78 Å². The molecule has 0 heterocycles. The third-order valence-corrected chi connectivity index (χ3v) is 9.86. The van der Waals surface area contributed by atoms with E-state index in [-0.39, 0.29) is 22.7 Å². The summed E-state index contributed by atoms with van der Waals surface area (Å²) in [6.45, 7) is 4.56. The SMILES string of the molecule is C[C@]12CC[C@@H](O)C[C@@H]1CC[C@@H]1[C@@H]2CC[C@]2(C)C(=O)/C(=C/c3ccc(C(F)(F)F)cc3)C[C@@H]12. The Morgan fingerprint density at radius 2 is 1.72 bits per heavy atom. The molecule has 4 fully saturated rings. The molecular formula is C27H33F3O2. The summed E-state index contributed by atoms with van der Waals surface area (Å²) >= 11 is 0. The Labute approximate surface area is 188 Å². The fourth-order valence-electron chi connectivity index (χ4n) is 8.00. The average Bonchev–Trinajstić information content (AvgIpc) is 2.99. The summed E-state index contributed by atoms with van der Waals surface area (Å²) in [5, 5.41) is 10.2. The van der Waals surface area contributed by atoms with Crippen LogP contribution in [-0.2, 0) is 11.0 Å². The monoisotopic (exact) mass is 446 g/mol. The van der Waals surface area contributed by atoms with Crippen molar-refractivity contribution in [2.75, 3.05) is 0 Å². The molecule has 1 N–H and O–H groups in total. The van der Waals surface area contributed by atoms with Gasteiger partial charge < -0.3 is 5.11 Å². The zero-order valence-electron chi connectivity index (χ0n) is 18.9. The number of allylic oxidation sites excluding steroid dienone is 1. The van der Waals surface area contributed by atoms with Crippen LogP contribution in [0.4, 0.5) is 13.2 Å². The lowest BCUT2D eigenvalue weighted by Gasteiger charge is -2.59. The molecule has 4 saturated carbocycles. The van der Waals surface area contributed by atoms with E-state index in [2.05, 4.69) is 13.8 Å². The van der Waals surface area contributed by atoms with Crippen molar-refractivity contribution in [3.63, 3.8) is 0 Å². The van der Waals surface area contributed by atoms with Gasteiger partial charge in [0.1, 0.15) is 0 Å². The highest BCUT2D eigenvalue weighted by Gasteiger charge is 2.61. The first-order chi connectivity index (χ1) is 15.0. The molecule has 0 aromatic heterocycles. The van der Waals surface area contributed by atoms with Gasteiger partial charge in [0.05, 0.1) is 11.7 Å². The maximum atomic E-state index is 13.5. The number of fused-ring (bicyclic) bond motifs is 5. The fourth-order valence-corrected chi connectivity index (χ4v) is 8.00. The molecule has 0 aliphatic heterocycles. The van der Waals surface area contributed by atoms with E-state index < -0.39 is 11.7 Å². The number of alkyl halides is 3. The van der Waals surface area contributed by atoms with E-state index in [1.807, 2.05) is 6.08 Å². The number of rotatable bonds is 1. The highest BCUT2D eigenvalue weighted by molar-refractivity contribution is 6.05. The van der Waals surface area contributed by atoms with E-state index >= 15 is 0 Å². The molecule has 7 atom stereocenters. The standard InChI is InChI=1S/C27H33F3O2/c1-25-11-9-20(31)15-19(25)7-8-21-22(25)10-12-26(2)23(21)14-17(24(26)32)13-16-3-5-18(6-4-16)27(28,29)30/h3-6,13,19-23,31H,7-12,14-15H2,1-2H3/b17-13+/t19-,20+,21+,22-,23-,25-,26-/m0/s1. The van der Waals surface area contributed by atoms with Crippen molar-refractivity contribution in [3.05, 3.63) is 41.0 Å². The van der Waals surface area contributed by atoms with Crippen molar-refractivity contribution < 1.29 is 23.1 Å². The lowest BCUT2D eigenvalue weighted by molar-refractivity contribution is -0.141. The molecule has 4 aliphatic rings. The summed E-state index contributed by atoms with van der Waals surface area (Å²) in [5.74, 6) is 2.22. The van der Waals surface area contributed by atoms with Gasteiger partial charge in [-0.1, -0.05) is 26.0 Å². The summed E-state index contributed by atoms with van der Waals surface area (Å²) in [4.78, 5) is 13.5. The Bertz CT molecular complexity index is 933. The topological polar surface area (TPSA) is 37.3 Å². The third-order valence-electron chi connectivity index (χ3n) is 9.86. The van der Waals surface area contributed by atoms with E-state index in [9.17, 15) is 23.1 Å². The molecule has 174 valence electrons. The van der Waals surface area contributed by atoms with E-state index in [1.165, 1.54) is 12.1 Å². The van der Waals surface area contributed by atoms with Gasteiger partial charge in [0, 0.05) is 5.41 Å². The Balaban J connectivity index is 1.41. The van der Waals surface area contributed by atoms with Gasteiger partial charge in [0.2, 0.25) is 0 Å². The first-order valence-electron chi connectivity index (χ1n) is 12.1. The molecule has 5 heteroatoms. The van der Waals surface area contributed by atoms with Crippen LogP contribution in [-0.4, -0.2) is 17.0 Å². The molecule has 1 aromatic carbocycles. The van der Waals surface area contributed by atoms with Crippen molar-refractivity contribution in [3.8, 4) is 0 Å². The number of carbonyl (C=O) groups excluding carboxylic acids is 1. The number of ketones is 1. The molecule has 5 rings (SSSR count). The molecule has 2 nitrogen and oxygen atoms in total. The predicted octanol–water partition coefficient (Wildman–Crippen LogP) is 6.67. The zero-order chi connectivity index (χ0) is 22.9. The highest BCUT2D eigenvalue weighted by atomic mass is 19.4. The van der Waals surface area contributed by atoms with Crippen LogP contribution in [0, 0.1) is 34.5 Å². The Morgan fingerprint density at radius 1 is 1.00 bits per heavy atom. The predicted molar refractivity (Wildman–Crippen MR) is 118 cm³/mol. The molecule has 0 saturated heterocycles. The number of hydrogen-bond acceptors (Lipinski definition) is 2.